The highest BCUT2D eigenvalue weighted by molar-refractivity contribution is 7.53. The molecule has 2 N–H and O–H groups in total. The van der Waals surface area contributed by atoms with Gasteiger partial charge in [-0.25, -0.2) is 0 Å². The Bertz CT molecular complexity index is 368. The van der Waals surface area contributed by atoms with Gasteiger partial charge in [-0.05, 0) is 38.0 Å². The molecule has 0 radical (unpaired) electrons. The van der Waals surface area contributed by atoms with E-state index in [2.05, 4.69) is 0 Å². The van der Waals surface area contributed by atoms with Gasteiger partial charge in [-0.2, -0.15) is 0 Å². The van der Waals surface area contributed by atoms with E-state index in [4.69, 9.17) is 14.8 Å². The minimum absolute atomic E-state index is 0.401. The standard InChI is InChI=1S/C12H20NO3P/c1-3-15-17(14,16-4-2)10-9-11-5-7-12(13)8-6-11/h5-8H,3-4,9-10,13H2,1-2H3. The number of hydrogen-bond donors (Lipinski definition) is 1. The van der Waals surface area contributed by atoms with Crippen molar-refractivity contribution >= 4 is 13.3 Å². The molecule has 0 aliphatic rings. The summed E-state index contributed by atoms with van der Waals surface area (Å²) in [6.45, 7) is 4.43. The van der Waals surface area contributed by atoms with Crippen LogP contribution in [-0.4, -0.2) is 19.4 Å². The lowest BCUT2D eigenvalue weighted by Gasteiger charge is -2.16. The van der Waals surface area contributed by atoms with Crippen molar-refractivity contribution in [1.82, 2.24) is 0 Å². The SMILES string of the molecule is CCOP(=O)(CCc1ccc(N)cc1)OCC. The maximum Gasteiger partial charge on any atom is 0.330 e. The molecule has 0 amide bonds. The van der Waals surface area contributed by atoms with Crippen LogP contribution in [-0.2, 0) is 20.0 Å². The lowest BCUT2D eigenvalue weighted by atomic mass is 10.2. The highest BCUT2D eigenvalue weighted by atomic mass is 31.2. The van der Waals surface area contributed by atoms with E-state index in [9.17, 15) is 4.57 Å². The zero-order chi connectivity index (χ0) is 12.7. The van der Waals surface area contributed by atoms with Crippen molar-refractivity contribution in [3.8, 4) is 0 Å². The maximum absolute atomic E-state index is 12.2. The van der Waals surface area contributed by atoms with E-state index >= 15 is 0 Å². The monoisotopic (exact) mass is 257 g/mol. The summed E-state index contributed by atoms with van der Waals surface area (Å²) in [5.74, 6) is 0. The molecule has 0 heterocycles. The summed E-state index contributed by atoms with van der Waals surface area (Å²) in [5.41, 5.74) is 7.41. The van der Waals surface area contributed by atoms with Crippen LogP contribution in [0.2, 0.25) is 0 Å². The molecule has 0 bridgehead atoms. The molecule has 4 nitrogen and oxygen atoms in total. The van der Waals surface area contributed by atoms with E-state index in [-0.39, 0.29) is 0 Å². The molecule has 1 aromatic rings. The van der Waals surface area contributed by atoms with Crippen LogP contribution in [0.25, 0.3) is 0 Å². The highest BCUT2D eigenvalue weighted by Crippen LogP contribution is 2.48. The fraction of sp³-hybridized carbons (Fsp3) is 0.500. The molecule has 1 rings (SSSR count). The first kappa shape index (κ1) is 14.2. The lowest BCUT2D eigenvalue weighted by molar-refractivity contribution is 0.220. The highest BCUT2D eigenvalue weighted by Gasteiger charge is 2.22. The topological polar surface area (TPSA) is 61.5 Å². The predicted molar refractivity (Wildman–Crippen MR) is 70.3 cm³/mol. The minimum atomic E-state index is -2.93. The number of anilines is 1. The van der Waals surface area contributed by atoms with Gasteiger partial charge in [0.25, 0.3) is 0 Å². The summed E-state index contributed by atoms with van der Waals surface area (Å²) in [6.07, 6.45) is 1.07. The number of nitrogens with two attached hydrogens (primary N) is 1. The third-order valence-electron chi connectivity index (χ3n) is 2.31. The van der Waals surface area contributed by atoms with Crippen molar-refractivity contribution in [1.29, 1.82) is 0 Å². The number of aryl methyl sites for hydroxylation is 1. The van der Waals surface area contributed by atoms with Crippen molar-refractivity contribution in [3.63, 3.8) is 0 Å². The molecule has 0 aliphatic heterocycles. The van der Waals surface area contributed by atoms with Gasteiger partial charge in [0.2, 0.25) is 0 Å². The van der Waals surface area contributed by atoms with E-state index < -0.39 is 7.60 Å². The van der Waals surface area contributed by atoms with Crippen molar-refractivity contribution in [2.45, 2.75) is 20.3 Å². The zero-order valence-electron chi connectivity index (χ0n) is 10.4. The Balaban J connectivity index is 2.57. The number of benzene rings is 1. The molecule has 0 atom stereocenters. The Morgan fingerprint density at radius 2 is 1.65 bits per heavy atom. The summed E-state index contributed by atoms with van der Waals surface area (Å²) in [7, 11) is -2.93. The second-order valence-electron chi connectivity index (χ2n) is 3.66. The quantitative estimate of drug-likeness (QED) is 0.602. The molecule has 0 spiro atoms. The first-order valence-corrected chi connectivity index (χ1v) is 7.55. The average Bonchev–Trinajstić information content (AvgIpc) is 2.29. The molecule has 0 unspecified atom stereocenters. The second-order valence-corrected chi connectivity index (χ2v) is 5.85. The van der Waals surface area contributed by atoms with Gasteiger partial charge >= 0.3 is 7.60 Å². The molecular weight excluding hydrogens is 237 g/mol. The summed E-state index contributed by atoms with van der Waals surface area (Å²) in [5, 5.41) is 0. The second kappa shape index (κ2) is 6.80. The van der Waals surface area contributed by atoms with E-state index in [0.717, 1.165) is 11.3 Å². The van der Waals surface area contributed by atoms with Gasteiger partial charge in [0, 0.05) is 5.69 Å². The van der Waals surface area contributed by atoms with Gasteiger partial charge in [0.05, 0.1) is 19.4 Å². The summed E-state index contributed by atoms with van der Waals surface area (Å²) >= 11 is 0. The Kier molecular flexibility index (Phi) is 5.69. The molecule has 96 valence electrons. The van der Waals surface area contributed by atoms with E-state index in [1.165, 1.54) is 0 Å². The molecule has 1 aromatic carbocycles. The largest absolute Gasteiger partial charge is 0.399 e. The van der Waals surface area contributed by atoms with Crippen LogP contribution in [0.4, 0.5) is 5.69 Å². The third kappa shape index (κ3) is 4.90. The van der Waals surface area contributed by atoms with Crippen LogP contribution in [0.5, 0.6) is 0 Å². The molecule has 0 saturated carbocycles. The molecule has 0 saturated heterocycles. The van der Waals surface area contributed by atoms with E-state index in [1.807, 2.05) is 38.1 Å². The minimum Gasteiger partial charge on any atom is -0.399 e. The van der Waals surface area contributed by atoms with E-state index in [1.54, 1.807) is 0 Å². The normalized spacial score (nSPS) is 11.6. The molecule has 0 aromatic heterocycles. The zero-order valence-corrected chi connectivity index (χ0v) is 11.3. The molecule has 0 aliphatic carbocycles. The fourth-order valence-corrected chi connectivity index (χ4v) is 3.16. The summed E-state index contributed by atoms with van der Waals surface area (Å²) in [6, 6.07) is 7.53. The maximum atomic E-state index is 12.2. The summed E-state index contributed by atoms with van der Waals surface area (Å²) in [4.78, 5) is 0. The van der Waals surface area contributed by atoms with Crippen molar-refractivity contribution < 1.29 is 13.6 Å². The smallest absolute Gasteiger partial charge is 0.330 e. The van der Waals surface area contributed by atoms with Gasteiger partial charge in [-0.3, -0.25) is 4.57 Å². The number of rotatable bonds is 7. The number of hydrogen-bond acceptors (Lipinski definition) is 4. The van der Waals surface area contributed by atoms with Crippen LogP contribution in [0, 0.1) is 0 Å². The summed E-state index contributed by atoms with van der Waals surface area (Å²) < 4.78 is 22.6. The Morgan fingerprint density at radius 3 is 2.12 bits per heavy atom. The predicted octanol–water partition coefficient (Wildman–Crippen LogP) is 3.08. The van der Waals surface area contributed by atoms with Crippen LogP contribution in [0.3, 0.4) is 0 Å². The molecular formula is C12H20NO3P. The fourth-order valence-electron chi connectivity index (χ4n) is 1.51. The van der Waals surface area contributed by atoms with Crippen LogP contribution >= 0.6 is 7.60 Å². The first-order chi connectivity index (χ1) is 8.09. The van der Waals surface area contributed by atoms with Crippen molar-refractivity contribution in [3.05, 3.63) is 29.8 Å². The van der Waals surface area contributed by atoms with Gasteiger partial charge in [0.15, 0.2) is 0 Å². The lowest BCUT2D eigenvalue weighted by Crippen LogP contribution is -2.02. The van der Waals surface area contributed by atoms with Gasteiger partial charge in [-0.15, -0.1) is 0 Å². The van der Waals surface area contributed by atoms with Gasteiger partial charge in [0.1, 0.15) is 0 Å². The Hall–Kier alpha value is -0.830. The third-order valence-corrected chi connectivity index (χ3v) is 4.38. The van der Waals surface area contributed by atoms with Gasteiger partial charge < -0.3 is 14.8 Å². The van der Waals surface area contributed by atoms with Crippen LogP contribution < -0.4 is 5.73 Å². The average molecular weight is 257 g/mol. The molecule has 0 fully saturated rings. The Morgan fingerprint density at radius 1 is 1.12 bits per heavy atom. The Labute approximate surface area is 103 Å². The van der Waals surface area contributed by atoms with E-state index in [0.29, 0.717) is 25.8 Å². The van der Waals surface area contributed by atoms with Gasteiger partial charge in [-0.1, -0.05) is 12.1 Å². The molecule has 5 heteroatoms. The van der Waals surface area contributed by atoms with Crippen LogP contribution in [0.15, 0.2) is 24.3 Å². The number of nitrogen functional groups attached to an aromatic ring is 1. The van der Waals surface area contributed by atoms with Crippen molar-refractivity contribution in [2.24, 2.45) is 0 Å². The molecule has 17 heavy (non-hydrogen) atoms. The van der Waals surface area contributed by atoms with Crippen molar-refractivity contribution in [2.75, 3.05) is 25.1 Å². The first-order valence-electron chi connectivity index (χ1n) is 5.82. The van der Waals surface area contributed by atoms with Crippen LogP contribution in [0.1, 0.15) is 19.4 Å².